The summed E-state index contributed by atoms with van der Waals surface area (Å²) in [6, 6.07) is 0. The second-order valence-electron chi connectivity index (χ2n) is 13.8. The lowest BCUT2D eigenvalue weighted by molar-refractivity contribution is -0.259. The van der Waals surface area contributed by atoms with Gasteiger partial charge < -0.3 is 9.47 Å². The van der Waals surface area contributed by atoms with Crippen LogP contribution >= 0.6 is 0 Å². The molecule has 0 spiro atoms. The minimum Gasteiger partial charge on any atom is -0.469 e. The van der Waals surface area contributed by atoms with Crippen LogP contribution in [0.4, 0.5) is 0 Å². The zero-order valence-corrected chi connectivity index (χ0v) is 23.8. The highest BCUT2D eigenvalue weighted by molar-refractivity contribution is 6.00. The number of ether oxygens (including phenoxy) is 2. The standard InChI is InChI=1S/C31H46O5/c1-18(2)14-20(32)15-19(3)21-10-12-30(7)22(21)16-23-26-29(6,17-25(33)36-23)24(11-13-31(26,30)8)28(4,5)27(34)35-9/h14-15,21-24,26H,10-13,16-17H2,1-9H3/b19-15-/t21-,22-,23-,24+,26-,29+,30-,31-/m1/s1. The first-order valence-electron chi connectivity index (χ1n) is 13.8. The average Bonchev–Trinajstić information content (AvgIpc) is 3.09. The Kier molecular flexibility index (Phi) is 6.66. The molecule has 8 atom stereocenters. The molecule has 4 aliphatic rings. The molecule has 5 nitrogen and oxygen atoms in total. The first-order valence-corrected chi connectivity index (χ1v) is 13.8. The summed E-state index contributed by atoms with van der Waals surface area (Å²) in [4.78, 5) is 38.5. The molecule has 0 bridgehead atoms. The Morgan fingerprint density at radius 3 is 2.28 bits per heavy atom. The number of hydrogen-bond donors (Lipinski definition) is 0. The van der Waals surface area contributed by atoms with Crippen LogP contribution in [0.25, 0.3) is 0 Å². The van der Waals surface area contributed by atoms with Gasteiger partial charge in [0.15, 0.2) is 5.78 Å². The predicted octanol–water partition coefficient (Wildman–Crippen LogP) is 6.46. The topological polar surface area (TPSA) is 69.7 Å². The molecule has 0 N–H and O–H groups in total. The van der Waals surface area contributed by atoms with E-state index in [1.165, 1.54) is 7.11 Å². The van der Waals surface area contributed by atoms with Gasteiger partial charge in [-0.1, -0.05) is 31.9 Å². The summed E-state index contributed by atoms with van der Waals surface area (Å²) in [6.45, 7) is 17.1. The van der Waals surface area contributed by atoms with Crippen LogP contribution in [0.15, 0.2) is 23.3 Å². The molecule has 4 fully saturated rings. The highest BCUT2D eigenvalue weighted by Crippen LogP contribution is 2.75. The van der Waals surface area contributed by atoms with Gasteiger partial charge in [0.25, 0.3) is 0 Å². The van der Waals surface area contributed by atoms with Crippen LogP contribution in [0.5, 0.6) is 0 Å². The van der Waals surface area contributed by atoms with Crippen LogP contribution in [0, 0.1) is 45.3 Å². The fraction of sp³-hybridized carbons (Fsp3) is 0.774. The lowest BCUT2D eigenvalue weighted by Crippen LogP contribution is -2.68. The summed E-state index contributed by atoms with van der Waals surface area (Å²) in [5.74, 6) is 0.642. The maximum absolute atomic E-state index is 13.1. The Morgan fingerprint density at radius 1 is 1.03 bits per heavy atom. The van der Waals surface area contributed by atoms with E-state index in [4.69, 9.17) is 9.47 Å². The fourth-order valence-electron chi connectivity index (χ4n) is 9.82. The molecule has 0 aromatic rings. The highest BCUT2D eigenvalue weighted by Gasteiger charge is 2.72. The summed E-state index contributed by atoms with van der Waals surface area (Å²) in [7, 11) is 1.46. The lowest BCUT2D eigenvalue weighted by atomic mass is 9.36. The van der Waals surface area contributed by atoms with Crippen molar-refractivity contribution in [1.29, 1.82) is 0 Å². The van der Waals surface area contributed by atoms with E-state index >= 15 is 0 Å². The van der Waals surface area contributed by atoms with E-state index in [9.17, 15) is 14.4 Å². The van der Waals surface area contributed by atoms with Crippen LogP contribution in [-0.2, 0) is 23.9 Å². The number of ketones is 1. The Balaban J connectivity index is 1.75. The van der Waals surface area contributed by atoms with E-state index in [0.717, 1.165) is 43.3 Å². The molecule has 5 heteroatoms. The summed E-state index contributed by atoms with van der Waals surface area (Å²) in [5.41, 5.74) is 1.22. The minimum atomic E-state index is -0.673. The quantitative estimate of drug-likeness (QED) is 0.321. The van der Waals surface area contributed by atoms with Crippen LogP contribution < -0.4 is 0 Å². The summed E-state index contributed by atoms with van der Waals surface area (Å²) in [6.07, 6.45) is 8.63. The SMILES string of the molecule is COC(=O)C(C)(C)[C@@H]1CC[C@]2(C)[C@@H]3[C@@H](C[C@@H]4[C@@H](/C(C)=C\C(=O)C=C(C)C)CC[C@]42C)OC(=O)C[C@]31C. The summed E-state index contributed by atoms with van der Waals surface area (Å²) >= 11 is 0. The number of esters is 2. The molecule has 36 heavy (non-hydrogen) atoms. The first-order chi connectivity index (χ1) is 16.6. The van der Waals surface area contributed by atoms with E-state index < -0.39 is 5.41 Å². The van der Waals surface area contributed by atoms with E-state index in [1.807, 2.05) is 33.8 Å². The molecule has 1 heterocycles. The predicted molar refractivity (Wildman–Crippen MR) is 140 cm³/mol. The van der Waals surface area contributed by atoms with Crippen molar-refractivity contribution in [3.05, 3.63) is 23.3 Å². The molecule has 1 saturated heterocycles. The zero-order chi connectivity index (χ0) is 26.8. The average molecular weight is 499 g/mol. The van der Waals surface area contributed by atoms with Gasteiger partial charge in [-0.3, -0.25) is 14.4 Å². The zero-order valence-electron chi connectivity index (χ0n) is 23.8. The maximum atomic E-state index is 13.1. The molecule has 3 aliphatic carbocycles. The van der Waals surface area contributed by atoms with Crippen LogP contribution in [0.3, 0.4) is 0 Å². The molecule has 1 aliphatic heterocycles. The van der Waals surface area contributed by atoms with Crippen molar-refractivity contribution >= 4 is 17.7 Å². The van der Waals surface area contributed by atoms with E-state index in [0.29, 0.717) is 18.3 Å². The lowest BCUT2D eigenvalue weighted by Gasteiger charge is -2.70. The molecule has 0 unspecified atom stereocenters. The fourth-order valence-corrected chi connectivity index (χ4v) is 9.82. The molecule has 0 amide bonds. The Morgan fingerprint density at radius 2 is 1.67 bits per heavy atom. The van der Waals surface area contributed by atoms with Gasteiger partial charge in [0.05, 0.1) is 18.9 Å². The number of hydrogen-bond acceptors (Lipinski definition) is 5. The van der Waals surface area contributed by atoms with Gasteiger partial charge in [-0.2, -0.15) is 0 Å². The number of carbonyl (C=O) groups is 3. The van der Waals surface area contributed by atoms with Gasteiger partial charge in [-0.05, 0) is 113 Å². The van der Waals surface area contributed by atoms with Crippen molar-refractivity contribution < 1.29 is 23.9 Å². The molecule has 0 radical (unpaired) electrons. The Hall–Kier alpha value is -1.91. The molecule has 4 rings (SSSR count). The summed E-state index contributed by atoms with van der Waals surface area (Å²) in [5, 5.41) is 0. The second kappa shape index (κ2) is 8.84. The Bertz CT molecular complexity index is 1020. The highest BCUT2D eigenvalue weighted by atomic mass is 16.5. The minimum absolute atomic E-state index is 0.0162. The van der Waals surface area contributed by atoms with Crippen LogP contribution in [-0.4, -0.2) is 30.9 Å². The van der Waals surface area contributed by atoms with Gasteiger partial charge in [0, 0.05) is 5.92 Å². The normalized spacial score (nSPS) is 42.1. The van der Waals surface area contributed by atoms with Crippen molar-refractivity contribution in [2.75, 3.05) is 7.11 Å². The van der Waals surface area contributed by atoms with Crippen molar-refractivity contribution in [2.45, 2.75) is 100 Å². The van der Waals surface area contributed by atoms with E-state index in [2.05, 4.69) is 27.7 Å². The molecule has 200 valence electrons. The molecule has 0 aromatic carbocycles. The third kappa shape index (κ3) is 3.82. The molecule has 0 aromatic heterocycles. The van der Waals surface area contributed by atoms with Crippen LogP contribution in [0.1, 0.15) is 93.9 Å². The van der Waals surface area contributed by atoms with Gasteiger partial charge in [0.2, 0.25) is 0 Å². The van der Waals surface area contributed by atoms with Crippen molar-refractivity contribution in [1.82, 2.24) is 0 Å². The smallest absolute Gasteiger partial charge is 0.311 e. The number of rotatable bonds is 5. The van der Waals surface area contributed by atoms with Gasteiger partial charge in [-0.15, -0.1) is 0 Å². The monoisotopic (exact) mass is 498 g/mol. The number of carbonyl (C=O) groups excluding carboxylic acids is 3. The van der Waals surface area contributed by atoms with Gasteiger partial charge in [0.1, 0.15) is 6.10 Å². The molecular formula is C31H46O5. The number of allylic oxidation sites excluding steroid dienone is 4. The Labute approximate surface area is 217 Å². The third-order valence-corrected chi connectivity index (χ3v) is 11.4. The molecule has 3 saturated carbocycles. The second-order valence-corrected chi connectivity index (χ2v) is 13.8. The van der Waals surface area contributed by atoms with E-state index in [1.54, 1.807) is 6.08 Å². The summed E-state index contributed by atoms with van der Waals surface area (Å²) < 4.78 is 11.4. The van der Waals surface area contributed by atoms with Crippen molar-refractivity contribution in [3.63, 3.8) is 0 Å². The van der Waals surface area contributed by atoms with Crippen LogP contribution in [0.2, 0.25) is 0 Å². The van der Waals surface area contributed by atoms with Crippen molar-refractivity contribution in [3.8, 4) is 0 Å². The van der Waals surface area contributed by atoms with E-state index in [-0.39, 0.29) is 51.9 Å². The third-order valence-electron chi connectivity index (χ3n) is 11.4. The number of fused-ring (bicyclic) bond motifs is 2. The van der Waals surface area contributed by atoms with Crippen molar-refractivity contribution in [2.24, 2.45) is 45.3 Å². The van der Waals surface area contributed by atoms with Gasteiger partial charge in [-0.25, -0.2) is 0 Å². The van der Waals surface area contributed by atoms with Gasteiger partial charge >= 0.3 is 11.9 Å². The largest absolute Gasteiger partial charge is 0.469 e. The maximum Gasteiger partial charge on any atom is 0.311 e. The molecular weight excluding hydrogens is 452 g/mol. The number of methoxy groups -OCH3 is 1. The first kappa shape index (κ1) is 27.1.